The maximum atomic E-state index is 5.15. The topological polar surface area (TPSA) is 79.6 Å². The number of unbranched alkanes of at least 4 members (excludes halogenated alkanes) is 1. The zero-order valence-corrected chi connectivity index (χ0v) is 21.2. The summed E-state index contributed by atoms with van der Waals surface area (Å²) in [5, 5.41) is 11.5. The average Bonchev–Trinajstić information content (AvgIpc) is 3.11. The summed E-state index contributed by atoms with van der Waals surface area (Å²) in [6, 6.07) is 0.327. The van der Waals surface area contributed by atoms with Gasteiger partial charge >= 0.3 is 0 Å². The Morgan fingerprint density at radius 2 is 2.03 bits per heavy atom. The summed E-state index contributed by atoms with van der Waals surface area (Å²) in [6.45, 7) is 11.3. The summed E-state index contributed by atoms with van der Waals surface area (Å²) in [7, 11) is 1.68. The normalized spacial score (nSPS) is 20.5. The first-order chi connectivity index (χ1) is 14.2. The molecule has 1 aromatic rings. The van der Waals surface area contributed by atoms with E-state index in [-0.39, 0.29) is 24.0 Å². The van der Waals surface area contributed by atoms with Crippen molar-refractivity contribution in [2.75, 3.05) is 39.8 Å². The van der Waals surface area contributed by atoms with E-state index in [2.05, 4.69) is 39.5 Å². The fourth-order valence-corrected chi connectivity index (χ4v) is 4.11. The highest BCUT2D eigenvalue weighted by Crippen LogP contribution is 2.16. The molecule has 3 heterocycles. The van der Waals surface area contributed by atoms with E-state index in [1.165, 1.54) is 38.9 Å². The van der Waals surface area contributed by atoms with Crippen LogP contribution in [0.25, 0.3) is 0 Å². The first-order valence-electron chi connectivity index (χ1n) is 11.4. The number of hydrogen-bond donors (Lipinski definition) is 2. The lowest BCUT2D eigenvalue weighted by atomic mass is 9.99. The SMILES string of the molecule is CCNC(=NCCCCN1CCC(C)CC1)NC1CCc2nc(COC)nn2C1.I. The molecule has 8 nitrogen and oxygen atoms in total. The van der Waals surface area contributed by atoms with Crippen LogP contribution in [0.4, 0.5) is 0 Å². The van der Waals surface area contributed by atoms with E-state index < -0.39 is 0 Å². The summed E-state index contributed by atoms with van der Waals surface area (Å²) in [4.78, 5) is 12.0. The van der Waals surface area contributed by atoms with Crippen molar-refractivity contribution in [2.45, 2.75) is 71.6 Å². The third kappa shape index (κ3) is 7.96. The fraction of sp³-hybridized carbons (Fsp3) is 0.857. The lowest BCUT2D eigenvalue weighted by Gasteiger charge is -2.30. The average molecular weight is 534 g/mol. The Morgan fingerprint density at radius 1 is 1.23 bits per heavy atom. The zero-order valence-electron chi connectivity index (χ0n) is 18.9. The van der Waals surface area contributed by atoms with Crippen LogP contribution in [0.15, 0.2) is 4.99 Å². The second kappa shape index (κ2) is 13.5. The van der Waals surface area contributed by atoms with Gasteiger partial charge in [-0.1, -0.05) is 6.92 Å². The number of likely N-dealkylation sites (tertiary alicyclic amines) is 1. The van der Waals surface area contributed by atoms with Gasteiger partial charge in [0.2, 0.25) is 0 Å². The van der Waals surface area contributed by atoms with E-state index in [1.54, 1.807) is 7.11 Å². The van der Waals surface area contributed by atoms with Gasteiger partial charge in [0.1, 0.15) is 12.4 Å². The molecule has 0 bridgehead atoms. The minimum absolute atomic E-state index is 0. The fourth-order valence-electron chi connectivity index (χ4n) is 4.11. The predicted octanol–water partition coefficient (Wildman–Crippen LogP) is 2.42. The van der Waals surface area contributed by atoms with Gasteiger partial charge in [-0.15, -0.1) is 24.0 Å². The number of methoxy groups -OCH3 is 1. The number of nitrogens with one attached hydrogen (secondary N) is 2. The van der Waals surface area contributed by atoms with Crippen LogP contribution in [0.3, 0.4) is 0 Å². The molecule has 0 amide bonds. The Balaban J connectivity index is 0.00000320. The van der Waals surface area contributed by atoms with Crippen molar-refractivity contribution in [3.63, 3.8) is 0 Å². The van der Waals surface area contributed by atoms with Crippen molar-refractivity contribution in [1.82, 2.24) is 30.3 Å². The summed E-state index contributed by atoms with van der Waals surface area (Å²) in [5.41, 5.74) is 0. The first-order valence-corrected chi connectivity index (χ1v) is 11.4. The molecule has 0 radical (unpaired) electrons. The van der Waals surface area contributed by atoms with Gasteiger partial charge in [0, 0.05) is 32.7 Å². The molecular formula is C21H40IN7O. The van der Waals surface area contributed by atoms with Crippen LogP contribution in [0, 0.1) is 5.92 Å². The number of ether oxygens (including phenoxy) is 1. The molecule has 2 N–H and O–H groups in total. The second-order valence-corrected chi connectivity index (χ2v) is 8.43. The third-order valence-electron chi connectivity index (χ3n) is 5.89. The van der Waals surface area contributed by atoms with E-state index in [1.807, 2.05) is 4.68 Å². The number of fused-ring (bicyclic) bond motifs is 1. The van der Waals surface area contributed by atoms with E-state index in [9.17, 15) is 0 Å². The Hall–Kier alpha value is -0.940. The second-order valence-electron chi connectivity index (χ2n) is 8.43. The molecule has 3 rings (SSSR count). The number of halogens is 1. The summed E-state index contributed by atoms with van der Waals surface area (Å²) < 4.78 is 7.16. The van der Waals surface area contributed by atoms with E-state index >= 15 is 0 Å². The molecule has 9 heteroatoms. The molecule has 1 unspecified atom stereocenters. The molecule has 1 aromatic heterocycles. The number of rotatable bonds is 9. The molecule has 30 heavy (non-hydrogen) atoms. The van der Waals surface area contributed by atoms with Gasteiger partial charge in [0.05, 0.1) is 6.54 Å². The quantitative estimate of drug-likeness (QED) is 0.220. The molecule has 2 aliphatic heterocycles. The third-order valence-corrected chi connectivity index (χ3v) is 5.89. The molecule has 0 spiro atoms. The number of guanidine groups is 1. The van der Waals surface area contributed by atoms with Gasteiger partial charge in [0.25, 0.3) is 0 Å². The molecule has 0 saturated carbocycles. The number of aliphatic imine (C=N–C) groups is 1. The van der Waals surface area contributed by atoms with Crippen molar-refractivity contribution in [3.05, 3.63) is 11.6 Å². The van der Waals surface area contributed by atoms with Crippen LogP contribution in [0.2, 0.25) is 0 Å². The highest BCUT2D eigenvalue weighted by atomic mass is 127. The van der Waals surface area contributed by atoms with Crippen LogP contribution >= 0.6 is 24.0 Å². The van der Waals surface area contributed by atoms with Gasteiger partial charge < -0.3 is 20.3 Å². The minimum Gasteiger partial charge on any atom is -0.377 e. The summed E-state index contributed by atoms with van der Waals surface area (Å²) in [6.07, 6.45) is 7.06. The summed E-state index contributed by atoms with van der Waals surface area (Å²) in [5.74, 6) is 3.66. The lowest BCUT2D eigenvalue weighted by Crippen LogP contribution is -2.47. The predicted molar refractivity (Wildman–Crippen MR) is 131 cm³/mol. The highest BCUT2D eigenvalue weighted by Gasteiger charge is 2.22. The maximum absolute atomic E-state index is 5.15. The largest absolute Gasteiger partial charge is 0.377 e. The smallest absolute Gasteiger partial charge is 0.191 e. The molecule has 2 aliphatic rings. The molecule has 172 valence electrons. The Morgan fingerprint density at radius 3 is 2.77 bits per heavy atom. The first kappa shape index (κ1) is 25.3. The van der Waals surface area contributed by atoms with Gasteiger partial charge in [-0.05, 0) is 64.6 Å². The van der Waals surface area contributed by atoms with Crippen LogP contribution in [0.5, 0.6) is 0 Å². The number of aromatic nitrogens is 3. The number of hydrogen-bond acceptors (Lipinski definition) is 5. The zero-order chi connectivity index (χ0) is 20.5. The molecule has 1 fully saturated rings. The van der Waals surface area contributed by atoms with Crippen molar-refractivity contribution in [1.29, 1.82) is 0 Å². The molecule has 1 atom stereocenters. The lowest BCUT2D eigenvalue weighted by molar-refractivity contribution is 0.177. The van der Waals surface area contributed by atoms with Gasteiger partial charge in [-0.2, -0.15) is 5.10 Å². The Labute approximate surface area is 198 Å². The van der Waals surface area contributed by atoms with E-state index in [0.29, 0.717) is 12.6 Å². The number of aryl methyl sites for hydroxylation is 1. The molecule has 1 saturated heterocycles. The van der Waals surface area contributed by atoms with Crippen LogP contribution in [-0.2, 0) is 24.3 Å². The number of piperidine rings is 1. The van der Waals surface area contributed by atoms with Gasteiger partial charge in [0.15, 0.2) is 11.8 Å². The van der Waals surface area contributed by atoms with Crippen molar-refractivity contribution in [2.24, 2.45) is 10.9 Å². The van der Waals surface area contributed by atoms with Gasteiger partial charge in [-0.25, -0.2) is 9.67 Å². The van der Waals surface area contributed by atoms with Crippen molar-refractivity contribution >= 4 is 29.9 Å². The Bertz CT molecular complexity index is 643. The van der Waals surface area contributed by atoms with Crippen molar-refractivity contribution in [3.8, 4) is 0 Å². The van der Waals surface area contributed by atoms with Crippen molar-refractivity contribution < 1.29 is 4.74 Å². The van der Waals surface area contributed by atoms with Crippen LogP contribution in [-0.4, -0.2) is 71.5 Å². The highest BCUT2D eigenvalue weighted by molar-refractivity contribution is 14.0. The van der Waals surface area contributed by atoms with Crippen LogP contribution in [0.1, 0.15) is 57.6 Å². The Kier molecular flexibility index (Phi) is 11.4. The monoisotopic (exact) mass is 533 g/mol. The standard InChI is InChI=1S/C21H39N7O.HI/c1-4-22-21(23-11-5-6-12-27-13-9-17(2)10-14-27)24-18-7-8-20-25-19(16-29-3)26-28(20)15-18;/h17-18H,4-16H2,1-3H3,(H2,22,23,24);1H. The molecule has 0 aliphatic carbocycles. The van der Waals surface area contributed by atoms with E-state index in [0.717, 1.165) is 62.4 Å². The molecular weight excluding hydrogens is 493 g/mol. The van der Waals surface area contributed by atoms with E-state index in [4.69, 9.17) is 9.73 Å². The van der Waals surface area contributed by atoms with Crippen LogP contribution < -0.4 is 10.6 Å². The minimum atomic E-state index is 0. The van der Waals surface area contributed by atoms with Gasteiger partial charge in [-0.3, -0.25) is 4.99 Å². The maximum Gasteiger partial charge on any atom is 0.191 e. The summed E-state index contributed by atoms with van der Waals surface area (Å²) >= 11 is 0. The molecule has 0 aromatic carbocycles. The number of nitrogens with zero attached hydrogens (tertiary/aromatic N) is 5.